The first kappa shape index (κ1) is 27.2. The number of fused-ring (bicyclic) bond motifs is 2. The zero-order chi connectivity index (χ0) is 28.2. The normalized spacial score (nSPS) is 17.5. The Balaban J connectivity index is 1.28. The monoisotopic (exact) mass is 553 g/mol. The van der Waals surface area contributed by atoms with Crippen LogP contribution in [-0.2, 0) is 30.9 Å². The van der Waals surface area contributed by atoms with Gasteiger partial charge < -0.3 is 19.9 Å². The summed E-state index contributed by atoms with van der Waals surface area (Å²) in [6.07, 6.45) is 4.75. The second kappa shape index (κ2) is 12.3. The summed E-state index contributed by atoms with van der Waals surface area (Å²) < 4.78 is 7.76. The largest absolute Gasteiger partial charge is 0.445 e. The van der Waals surface area contributed by atoms with Gasteiger partial charge >= 0.3 is 6.09 Å². The predicted molar refractivity (Wildman–Crippen MR) is 160 cm³/mol. The van der Waals surface area contributed by atoms with Crippen LogP contribution in [0.5, 0.6) is 0 Å². The van der Waals surface area contributed by atoms with E-state index in [0.29, 0.717) is 13.1 Å². The van der Waals surface area contributed by atoms with E-state index in [0.717, 1.165) is 73.9 Å². The molecule has 9 heteroatoms. The standard InChI is InChI=1S/C32H39N7O2/c1-36-17-19-38(20-18-36)30-15-7-14-29-35-26(22-37(2)27-13-6-11-25-12-8-16-33-31(25)27)28(39(29)30)21-34-32(40)41-23-24-9-4-3-5-10-24/h3-5,7-10,12,14-16,27H,6,11,13,17-23H2,1-2H3,(H,34,40)/t27-/m0/s1. The summed E-state index contributed by atoms with van der Waals surface area (Å²) in [7, 11) is 4.32. The van der Waals surface area contributed by atoms with Crippen LogP contribution in [-0.4, -0.2) is 70.5 Å². The van der Waals surface area contributed by atoms with Crippen molar-refractivity contribution in [2.75, 3.05) is 45.2 Å². The SMILES string of the molecule is CN1CCN(c2cccc3nc(CN(C)[C@H]4CCCc5cccnc54)c(CNC(=O)OCc4ccccc4)n23)CC1. The van der Waals surface area contributed by atoms with Gasteiger partial charge in [-0.25, -0.2) is 9.78 Å². The molecule has 3 aromatic heterocycles. The number of nitrogens with zero attached hydrogens (tertiary/aromatic N) is 6. The number of anilines is 1. The minimum atomic E-state index is -0.439. The molecule has 9 nitrogen and oxygen atoms in total. The third-order valence-electron chi connectivity index (χ3n) is 8.34. The molecule has 1 aromatic carbocycles. The van der Waals surface area contributed by atoms with Gasteiger partial charge in [0.2, 0.25) is 0 Å². The first-order valence-electron chi connectivity index (χ1n) is 14.6. The maximum Gasteiger partial charge on any atom is 0.407 e. The van der Waals surface area contributed by atoms with Gasteiger partial charge in [0, 0.05) is 38.9 Å². The number of carbonyl (C=O) groups is 1. The summed E-state index contributed by atoms with van der Waals surface area (Å²) in [4.78, 5) is 29.8. The topological polar surface area (TPSA) is 78.2 Å². The van der Waals surface area contributed by atoms with Gasteiger partial charge in [0.1, 0.15) is 18.1 Å². The maximum atomic E-state index is 12.8. The van der Waals surface area contributed by atoms with Crippen molar-refractivity contribution in [3.05, 3.63) is 95.1 Å². The minimum absolute atomic E-state index is 0.232. The van der Waals surface area contributed by atoms with Crippen LogP contribution in [0.25, 0.3) is 5.65 Å². The van der Waals surface area contributed by atoms with E-state index in [2.05, 4.69) is 62.8 Å². The Kier molecular flexibility index (Phi) is 8.16. The van der Waals surface area contributed by atoms with E-state index in [9.17, 15) is 4.79 Å². The highest BCUT2D eigenvalue weighted by Crippen LogP contribution is 2.33. The highest BCUT2D eigenvalue weighted by molar-refractivity contribution is 5.67. The molecule has 2 aliphatic rings. The zero-order valence-electron chi connectivity index (χ0n) is 24.0. The van der Waals surface area contributed by atoms with Crippen molar-refractivity contribution in [2.45, 2.75) is 45.0 Å². The molecule has 4 aromatic rings. The Morgan fingerprint density at radius 3 is 2.71 bits per heavy atom. The van der Waals surface area contributed by atoms with E-state index in [-0.39, 0.29) is 12.6 Å². The van der Waals surface area contributed by atoms with Crippen LogP contribution in [0, 0.1) is 0 Å². The van der Waals surface area contributed by atoms with Gasteiger partial charge in [-0.15, -0.1) is 0 Å². The summed E-state index contributed by atoms with van der Waals surface area (Å²) in [5.74, 6) is 1.11. The Morgan fingerprint density at radius 1 is 1.05 bits per heavy atom. The quantitative estimate of drug-likeness (QED) is 0.346. The number of nitrogens with one attached hydrogen (secondary N) is 1. The van der Waals surface area contributed by atoms with Gasteiger partial charge in [-0.2, -0.15) is 0 Å². The highest BCUT2D eigenvalue weighted by Gasteiger charge is 2.27. The van der Waals surface area contributed by atoms with Crippen molar-refractivity contribution < 1.29 is 9.53 Å². The molecule has 1 saturated heterocycles. The fourth-order valence-electron chi connectivity index (χ4n) is 6.06. The average Bonchev–Trinajstić information content (AvgIpc) is 3.36. The lowest BCUT2D eigenvalue weighted by Gasteiger charge is -2.34. The number of alkyl carbamates (subject to hydrolysis) is 1. The first-order valence-corrected chi connectivity index (χ1v) is 14.6. The Labute approximate surface area is 241 Å². The van der Waals surface area contributed by atoms with E-state index in [1.54, 1.807) is 0 Å². The second-order valence-electron chi connectivity index (χ2n) is 11.2. The molecule has 41 heavy (non-hydrogen) atoms. The van der Waals surface area contributed by atoms with E-state index >= 15 is 0 Å². The molecule has 6 rings (SSSR count). The van der Waals surface area contributed by atoms with Crippen molar-refractivity contribution in [2.24, 2.45) is 0 Å². The number of piperazine rings is 1. The summed E-state index contributed by atoms with van der Waals surface area (Å²) in [5.41, 5.74) is 6.30. The van der Waals surface area contributed by atoms with Gasteiger partial charge in [0.05, 0.1) is 29.7 Å². The molecule has 0 saturated carbocycles. The Hall–Kier alpha value is -3.95. The van der Waals surface area contributed by atoms with Crippen LogP contribution in [0.15, 0.2) is 66.9 Å². The van der Waals surface area contributed by atoms with Crippen molar-refractivity contribution >= 4 is 17.6 Å². The summed E-state index contributed by atoms with van der Waals surface area (Å²) >= 11 is 0. The number of pyridine rings is 2. The molecule has 1 N–H and O–H groups in total. The van der Waals surface area contributed by atoms with Gasteiger partial charge in [0.15, 0.2) is 0 Å². The zero-order valence-corrected chi connectivity index (χ0v) is 24.0. The molecule has 0 radical (unpaired) electrons. The van der Waals surface area contributed by atoms with Crippen LogP contribution < -0.4 is 10.2 Å². The molecule has 214 valence electrons. The summed E-state index contributed by atoms with van der Waals surface area (Å²) in [6.45, 7) is 5.11. The van der Waals surface area contributed by atoms with Crippen LogP contribution in [0.1, 0.15) is 47.1 Å². The fraction of sp³-hybridized carbons (Fsp3) is 0.406. The number of ether oxygens (including phenoxy) is 1. The number of benzene rings is 1. The third-order valence-corrected chi connectivity index (χ3v) is 8.34. The molecular weight excluding hydrogens is 514 g/mol. The fourth-order valence-corrected chi connectivity index (χ4v) is 6.06. The van der Waals surface area contributed by atoms with Gasteiger partial charge in [0.25, 0.3) is 0 Å². The lowest BCUT2D eigenvalue weighted by Crippen LogP contribution is -2.45. The van der Waals surface area contributed by atoms with Crippen LogP contribution in [0.3, 0.4) is 0 Å². The molecule has 1 atom stereocenters. The first-order chi connectivity index (χ1) is 20.1. The molecule has 0 spiro atoms. The smallest absolute Gasteiger partial charge is 0.407 e. The molecule has 0 unspecified atom stereocenters. The van der Waals surface area contributed by atoms with E-state index in [1.807, 2.05) is 42.6 Å². The molecule has 4 heterocycles. The second-order valence-corrected chi connectivity index (χ2v) is 11.2. The van der Waals surface area contributed by atoms with E-state index in [4.69, 9.17) is 14.7 Å². The van der Waals surface area contributed by atoms with Gasteiger partial charge in [-0.1, -0.05) is 42.5 Å². The molecule has 1 amide bonds. The van der Waals surface area contributed by atoms with Crippen LogP contribution in [0.4, 0.5) is 10.6 Å². The van der Waals surface area contributed by atoms with E-state index in [1.165, 1.54) is 11.3 Å². The van der Waals surface area contributed by atoms with Crippen LogP contribution in [0.2, 0.25) is 0 Å². The number of rotatable bonds is 8. The lowest BCUT2D eigenvalue weighted by atomic mass is 9.91. The number of hydrogen-bond acceptors (Lipinski definition) is 7. The predicted octanol–water partition coefficient (Wildman–Crippen LogP) is 4.42. The van der Waals surface area contributed by atoms with Crippen LogP contribution >= 0.6 is 0 Å². The van der Waals surface area contributed by atoms with Gasteiger partial charge in [-0.3, -0.25) is 14.3 Å². The minimum Gasteiger partial charge on any atom is -0.445 e. The Bertz CT molecular complexity index is 1480. The molecule has 1 aliphatic heterocycles. The number of aromatic nitrogens is 3. The Morgan fingerprint density at radius 2 is 1.88 bits per heavy atom. The van der Waals surface area contributed by atoms with Crippen molar-refractivity contribution in [3.8, 4) is 0 Å². The van der Waals surface area contributed by atoms with Crippen molar-refractivity contribution in [3.63, 3.8) is 0 Å². The average molecular weight is 554 g/mol. The molecule has 1 fully saturated rings. The number of aryl methyl sites for hydroxylation is 1. The summed E-state index contributed by atoms with van der Waals surface area (Å²) in [6, 6.07) is 20.5. The van der Waals surface area contributed by atoms with Gasteiger partial charge in [-0.05, 0) is 62.7 Å². The molecule has 0 bridgehead atoms. The van der Waals surface area contributed by atoms with Crippen molar-refractivity contribution in [1.82, 2.24) is 29.5 Å². The number of amides is 1. The summed E-state index contributed by atoms with van der Waals surface area (Å²) in [5, 5.41) is 3.01. The van der Waals surface area contributed by atoms with E-state index < -0.39 is 6.09 Å². The number of carbonyl (C=O) groups excluding carboxylic acids is 1. The molecular formula is C32H39N7O2. The number of imidazole rings is 1. The van der Waals surface area contributed by atoms with Crippen molar-refractivity contribution in [1.29, 1.82) is 0 Å². The molecule has 1 aliphatic carbocycles. The maximum absolute atomic E-state index is 12.8. The number of hydrogen-bond donors (Lipinski definition) is 1. The number of likely N-dealkylation sites (N-methyl/N-ethyl adjacent to an activating group) is 1. The highest BCUT2D eigenvalue weighted by atomic mass is 16.5. The lowest BCUT2D eigenvalue weighted by molar-refractivity contribution is 0.139. The third kappa shape index (κ3) is 6.06.